The summed E-state index contributed by atoms with van der Waals surface area (Å²) in [6.07, 6.45) is 8.11. The molecule has 0 saturated heterocycles. The quantitative estimate of drug-likeness (QED) is 0.394. The van der Waals surface area contributed by atoms with E-state index < -0.39 is 11.6 Å². The van der Waals surface area contributed by atoms with Gasteiger partial charge in [-0.15, -0.1) is 0 Å². The number of rotatable bonds is 3. The zero-order chi connectivity index (χ0) is 19.8. The van der Waals surface area contributed by atoms with Crippen LogP contribution in [0.3, 0.4) is 0 Å². The Balaban J connectivity index is 1.53. The fourth-order valence-electron chi connectivity index (χ4n) is 7.39. The van der Waals surface area contributed by atoms with E-state index in [1.807, 2.05) is 0 Å². The Kier molecular flexibility index (Phi) is 3.51. The predicted octanol–water partition coefficient (Wildman–Crippen LogP) is 4.93. The minimum absolute atomic E-state index is 0.0839. The number of ether oxygens (including phenoxy) is 1. The summed E-state index contributed by atoms with van der Waals surface area (Å²) in [7, 11) is 0. The first-order valence-corrected chi connectivity index (χ1v) is 10.8. The third kappa shape index (κ3) is 2.50. The maximum absolute atomic E-state index is 12.3. The van der Waals surface area contributed by atoms with Crippen LogP contribution in [-0.2, 0) is 16.6 Å². The molecule has 2 unspecified atom stereocenters. The van der Waals surface area contributed by atoms with Crippen LogP contribution >= 0.6 is 0 Å². The molecule has 0 aliphatic heterocycles. The highest BCUT2D eigenvalue weighted by atomic mass is 16.5. The normalized spacial score (nSPS) is 33.3. The molecule has 0 spiro atoms. The van der Waals surface area contributed by atoms with Gasteiger partial charge in [-0.3, -0.25) is 0 Å². The molecular formula is C26H26O3. The number of hydrogen-bond donors (Lipinski definition) is 1. The Labute approximate surface area is 171 Å². The van der Waals surface area contributed by atoms with Gasteiger partial charge in [0, 0.05) is 29.0 Å². The number of aliphatic hydroxyl groups is 1. The van der Waals surface area contributed by atoms with Crippen molar-refractivity contribution in [3.05, 3.63) is 65.7 Å². The topological polar surface area (TPSA) is 46.5 Å². The number of esters is 1. The first kappa shape index (κ1) is 17.5. The number of benzene rings is 2. The molecule has 148 valence electrons. The second kappa shape index (κ2) is 5.82. The second-order valence-corrected chi connectivity index (χ2v) is 9.89. The number of hydrogen-bond acceptors (Lipinski definition) is 3. The van der Waals surface area contributed by atoms with Gasteiger partial charge in [0.25, 0.3) is 0 Å². The number of carbonyl (C=O) groups excluding carboxylic acids is 1. The fourth-order valence-corrected chi connectivity index (χ4v) is 7.39. The van der Waals surface area contributed by atoms with Gasteiger partial charge in [-0.2, -0.15) is 0 Å². The van der Waals surface area contributed by atoms with Gasteiger partial charge >= 0.3 is 5.97 Å². The molecule has 7 rings (SSSR count). The summed E-state index contributed by atoms with van der Waals surface area (Å²) in [4.78, 5) is 12.3. The van der Waals surface area contributed by atoms with Crippen molar-refractivity contribution in [3.8, 4) is 16.9 Å². The maximum Gasteiger partial charge on any atom is 0.335 e. The Bertz CT molecular complexity index is 1040. The lowest BCUT2D eigenvalue weighted by molar-refractivity contribution is -0.137. The van der Waals surface area contributed by atoms with Crippen molar-refractivity contribution in [2.24, 2.45) is 11.8 Å². The van der Waals surface area contributed by atoms with Gasteiger partial charge in [-0.05, 0) is 67.1 Å². The zero-order valence-electron chi connectivity index (χ0n) is 16.6. The summed E-state index contributed by atoms with van der Waals surface area (Å²) >= 11 is 0. The van der Waals surface area contributed by atoms with Crippen LogP contribution in [0.2, 0.25) is 0 Å². The van der Waals surface area contributed by atoms with Crippen LogP contribution in [0.5, 0.6) is 5.75 Å². The van der Waals surface area contributed by atoms with Crippen LogP contribution in [0.25, 0.3) is 11.1 Å². The van der Waals surface area contributed by atoms with E-state index in [1.165, 1.54) is 29.2 Å². The molecule has 1 N–H and O–H groups in total. The molecule has 5 aliphatic rings. The van der Waals surface area contributed by atoms with Gasteiger partial charge < -0.3 is 9.84 Å². The standard InChI is InChI=1S/C26H26O3/c1-2-23(27)29-24-21-10-18-5-3-4-6-19(18)20(21)7-8-22(24)25-11-16-9-17(12-25)14-26(28,13-16)15-25/h2-8,16-17,28H,1,9-15H2. The summed E-state index contributed by atoms with van der Waals surface area (Å²) in [6, 6.07) is 12.8. The third-order valence-corrected chi connectivity index (χ3v) is 7.91. The molecule has 3 nitrogen and oxygen atoms in total. The Hall–Kier alpha value is -2.39. The summed E-state index contributed by atoms with van der Waals surface area (Å²) in [5.74, 6) is 1.48. The van der Waals surface area contributed by atoms with Crippen molar-refractivity contribution in [2.75, 3.05) is 0 Å². The minimum atomic E-state index is -0.550. The van der Waals surface area contributed by atoms with Gasteiger partial charge in [0.05, 0.1) is 5.60 Å². The molecular weight excluding hydrogens is 360 g/mol. The molecule has 4 saturated carbocycles. The molecule has 3 heteroatoms. The van der Waals surface area contributed by atoms with Crippen molar-refractivity contribution in [1.82, 2.24) is 0 Å². The van der Waals surface area contributed by atoms with Gasteiger partial charge in [0.2, 0.25) is 0 Å². The largest absolute Gasteiger partial charge is 0.423 e. The SMILES string of the molecule is C=CC(=O)Oc1c(C23CC4CC(CC(O)(C4)C2)C3)ccc2c1Cc1ccccc1-2. The minimum Gasteiger partial charge on any atom is -0.423 e. The highest BCUT2D eigenvalue weighted by molar-refractivity contribution is 5.86. The van der Waals surface area contributed by atoms with Crippen LogP contribution in [0.4, 0.5) is 0 Å². The van der Waals surface area contributed by atoms with Crippen molar-refractivity contribution in [3.63, 3.8) is 0 Å². The Morgan fingerprint density at radius 3 is 2.55 bits per heavy atom. The van der Waals surface area contributed by atoms with E-state index in [0.717, 1.165) is 55.4 Å². The van der Waals surface area contributed by atoms with Gasteiger partial charge in [0.15, 0.2) is 0 Å². The number of fused-ring (bicyclic) bond motifs is 3. The van der Waals surface area contributed by atoms with Gasteiger partial charge in [-0.25, -0.2) is 4.79 Å². The summed E-state index contributed by atoms with van der Waals surface area (Å²) < 4.78 is 5.95. The average Bonchev–Trinajstić information content (AvgIpc) is 3.05. The van der Waals surface area contributed by atoms with Crippen molar-refractivity contribution >= 4 is 5.97 Å². The molecule has 5 aliphatic carbocycles. The first-order valence-electron chi connectivity index (χ1n) is 10.8. The van der Waals surface area contributed by atoms with Crippen LogP contribution in [0.15, 0.2) is 49.1 Å². The highest BCUT2D eigenvalue weighted by Gasteiger charge is 2.58. The van der Waals surface area contributed by atoms with Crippen molar-refractivity contribution in [2.45, 2.75) is 56.0 Å². The molecule has 0 heterocycles. The maximum atomic E-state index is 12.3. The Morgan fingerprint density at radius 1 is 1.07 bits per heavy atom. The van der Waals surface area contributed by atoms with Crippen LogP contribution < -0.4 is 4.74 Å². The lowest BCUT2D eigenvalue weighted by Gasteiger charge is -2.60. The van der Waals surface area contributed by atoms with E-state index >= 15 is 0 Å². The molecule has 4 bridgehead atoms. The van der Waals surface area contributed by atoms with E-state index in [2.05, 4.69) is 43.0 Å². The van der Waals surface area contributed by atoms with Crippen LogP contribution in [0, 0.1) is 11.8 Å². The molecule has 2 atom stereocenters. The monoisotopic (exact) mass is 386 g/mol. The van der Waals surface area contributed by atoms with E-state index in [1.54, 1.807) is 0 Å². The zero-order valence-corrected chi connectivity index (χ0v) is 16.6. The molecule has 2 aromatic rings. The van der Waals surface area contributed by atoms with E-state index in [9.17, 15) is 9.90 Å². The molecule has 0 radical (unpaired) electrons. The molecule has 29 heavy (non-hydrogen) atoms. The first-order chi connectivity index (χ1) is 14.0. The predicted molar refractivity (Wildman–Crippen MR) is 112 cm³/mol. The van der Waals surface area contributed by atoms with Crippen LogP contribution in [-0.4, -0.2) is 16.7 Å². The van der Waals surface area contributed by atoms with E-state index in [4.69, 9.17) is 4.74 Å². The summed E-state index contributed by atoms with van der Waals surface area (Å²) in [5, 5.41) is 11.3. The Morgan fingerprint density at radius 2 is 1.83 bits per heavy atom. The number of carbonyl (C=O) groups is 1. The molecule has 0 aromatic heterocycles. The summed E-state index contributed by atoms with van der Waals surface area (Å²) in [5.41, 5.74) is 5.28. The van der Waals surface area contributed by atoms with Crippen LogP contribution in [0.1, 0.15) is 55.2 Å². The van der Waals surface area contributed by atoms with Crippen molar-refractivity contribution in [1.29, 1.82) is 0 Å². The molecule has 4 fully saturated rings. The fraction of sp³-hybridized carbons (Fsp3) is 0.423. The molecule has 0 amide bonds. The average molecular weight is 386 g/mol. The lowest BCUT2D eigenvalue weighted by Crippen LogP contribution is -2.57. The van der Waals surface area contributed by atoms with Gasteiger partial charge in [0.1, 0.15) is 5.75 Å². The second-order valence-electron chi connectivity index (χ2n) is 9.89. The lowest BCUT2D eigenvalue weighted by atomic mass is 9.46. The van der Waals surface area contributed by atoms with Crippen molar-refractivity contribution < 1.29 is 14.6 Å². The third-order valence-electron chi connectivity index (χ3n) is 7.91. The van der Waals surface area contributed by atoms with E-state index in [0.29, 0.717) is 11.8 Å². The summed E-state index contributed by atoms with van der Waals surface area (Å²) in [6.45, 7) is 3.61. The molecule has 2 aromatic carbocycles. The highest BCUT2D eigenvalue weighted by Crippen LogP contribution is 2.64. The van der Waals surface area contributed by atoms with Gasteiger partial charge in [-0.1, -0.05) is 43.0 Å². The van der Waals surface area contributed by atoms with E-state index in [-0.39, 0.29) is 5.41 Å². The smallest absolute Gasteiger partial charge is 0.335 e.